The van der Waals surface area contributed by atoms with Gasteiger partial charge < -0.3 is 19.5 Å². The highest BCUT2D eigenvalue weighted by Gasteiger charge is 2.36. The lowest BCUT2D eigenvalue weighted by Crippen LogP contribution is -2.52. The number of carbonyl (C=O) groups is 2. The Balaban J connectivity index is 0.00000353. The Bertz CT molecular complexity index is 1200. The van der Waals surface area contributed by atoms with Gasteiger partial charge in [-0.2, -0.15) is 0 Å². The summed E-state index contributed by atoms with van der Waals surface area (Å²) in [6.45, 7) is 3.68. The Labute approximate surface area is 225 Å². The van der Waals surface area contributed by atoms with Crippen molar-refractivity contribution in [3.05, 3.63) is 102 Å². The third kappa shape index (κ3) is 6.72. The topological polar surface area (TPSA) is 77.1 Å². The zero-order valence-corrected chi connectivity index (χ0v) is 21.5. The summed E-state index contributed by atoms with van der Waals surface area (Å²) in [5, 5.41) is 3.10. The predicted octanol–water partition coefficient (Wildman–Crippen LogP) is 5.47. The van der Waals surface area contributed by atoms with Gasteiger partial charge in [-0.3, -0.25) is 4.90 Å². The average molecular weight is 517 g/mol. The van der Waals surface area contributed by atoms with E-state index in [9.17, 15) is 9.59 Å². The van der Waals surface area contributed by atoms with Gasteiger partial charge >= 0.3 is 12.1 Å². The molecular formula is C31H36N2O5. The molecule has 3 aliphatic heterocycles. The fourth-order valence-corrected chi connectivity index (χ4v) is 5.19. The van der Waals surface area contributed by atoms with Crippen LogP contribution in [0.4, 0.5) is 4.79 Å². The van der Waals surface area contributed by atoms with Crippen LogP contribution in [0.15, 0.2) is 84.9 Å². The van der Waals surface area contributed by atoms with E-state index in [1.165, 1.54) is 0 Å². The highest BCUT2D eigenvalue weighted by atomic mass is 16.6. The van der Waals surface area contributed by atoms with Gasteiger partial charge in [-0.25, -0.2) is 9.59 Å². The minimum absolute atomic E-state index is 0. The molecule has 0 saturated carbocycles. The van der Waals surface area contributed by atoms with Crippen LogP contribution in [0.5, 0.6) is 5.75 Å². The molecule has 3 saturated heterocycles. The Kier molecular flexibility index (Phi) is 8.56. The largest absolute Gasteiger partial charge is 0.493 e. The van der Waals surface area contributed by atoms with E-state index in [0.717, 1.165) is 43.6 Å². The van der Waals surface area contributed by atoms with Gasteiger partial charge in [0.2, 0.25) is 0 Å². The Hall–Kier alpha value is -3.84. The first-order valence-electron chi connectivity index (χ1n) is 13.3. The summed E-state index contributed by atoms with van der Waals surface area (Å²) in [5.41, 5.74) is 2.39. The summed E-state index contributed by atoms with van der Waals surface area (Å²) in [4.78, 5) is 27.5. The second kappa shape index (κ2) is 12.6. The number of benzene rings is 3. The molecule has 3 heterocycles. The zero-order valence-electron chi connectivity index (χ0n) is 21.5. The second-order valence-corrected chi connectivity index (χ2v) is 9.85. The van der Waals surface area contributed by atoms with E-state index in [1.807, 2.05) is 72.8 Å². The van der Waals surface area contributed by atoms with Crippen LogP contribution in [-0.2, 0) is 9.47 Å². The zero-order chi connectivity index (χ0) is 26.2. The number of esters is 1. The van der Waals surface area contributed by atoms with Gasteiger partial charge in [0.05, 0.1) is 24.8 Å². The molecule has 7 heteroatoms. The van der Waals surface area contributed by atoms with Crippen LogP contribution < -0.4 is 10.1 Å². The molecule has 6 rings (SSSR count). The molecule has 200 valence electrons. The lowest BCUT2D eigenvalue weighted by Gasteiger charge is -2.43. The third-order valence-electron chi connectivity index (χ3n) is 7.24. The highest BCUT2D eigenvalue weighted by Crippen LogP contribution is 2.30. The minimum atomic E-state index is -0.399. The van der Waals surface area contributed by atoms with Crippen molar-refractivity contribution < 1.29 is 25.2 Å². The first-order chi connectivity index (χ1) is 18.7. The van der Waals surface area contributed by atoms with E-state index in [1.54, 1.807) is 12.1 Å². The fraction of sp³-hybridized carbons (Fsp3) is 0.355. The monoisotopic (exact) mass is 516 g/mol. The molecule has 0 aromatic heterocycles. The number of nitrogens with zero attached hydrogens (tertiary/aromatic N) is 1. The molecule has 1 amide bonds. The minimum Gasteiger partial charge on any atom is -0.493 e. The van der Waals surface area contributed by atoms with Crippen LogP contribution in [0.25, 0.3) is 0 Å². The molecule has 2 unspecified atom stereocenters. The van der Waals surface area contributed by atoms with Crippen molar-refractivity contribution in [2.75, 3.05) is 32.8 Å². The first-order valence-corrected chi connectivity index (χ1v) is 13.3. The lowest BCUT2D eigenvalue weighted by atomic mass is 9.86. The number of hydrogen-bond acceptors (Lipinski definition) is 6. The van der Waals surface area contributed by atoms with E-state index < -0.39 is 6.09 Å². The maximum absolute atomic E-state index is 13.0. The predicted molar refractivity (Wildman–Crippen MR) is 146 cm³/mol. The summed E-state index contributed by atoms with van der Waals surface area (Å²) in [6, 6.07) is 26.1. The van der Waals surface area contributed by atoms with Gasteiger partial charge in [0.15, 0.2) is 0 Å². The quantitative estimate of drug-likeness (QED) is 0.285. The maximum atomic E-state index is 13.0. The van der Waals surface area contributed by atoms with Crippen molar-refractivity contribution in [1.29, 1.82) is 0 Å². The van der Waals surface area contributed by atoms with Crippen LogP contribution >= 0.6 is 0 Å². The number of alkyl carbamates (subject to hydrolysis) is 1. The molecule has 38 heavy (non-hydrogen) atoms. The average Bonchev–Trinajstić information content (AvgIpc) is 2.97. The van der Waals surface area contributed by atoms with Gasteiger partial charge in [0.1, 0.15) is 11.9 Å². The van der Waals surface area contributed by atoms with Crippen molar-refractivity contribution in [3.63, 3.8) is 0 Å². The molecule has 0 radical (unpaired) electrons. The number of ether oxygens (including phenoxy) is 3. The van der Waals surface area contributed by atoms with Crippen LogP contribution in [0.3, 0.4) is 0 Å². The molecule has 3 aliphatic rings. The van der Waals surface area contributed by atoms with Crippen LogP contribution in [-0.4, -0.2) is 55.9 Å². The Morgan fingerprint density at radius 2 is 1.61 bits per heavy atom. The molecule has 0 spiro atoms. The van der Waals surface area contributed by atoms with Gasteiger partial charge in [0.25, 0.3) is 0 Å². The fourth-order valence-electron chi connectivity index (χ4n) is 5.19. The van der Waals surface area contributed by atoms with Crippen LogP contribution in [0.1, 0.15) is 48.2 Å². The van der Waals surface area contributed by atoms with Gasteiger partial charge in [-0.05, 0) is 67.2 Å². The maximum Gasteiger partial charge on any atom is 0.408 e. The third-order valence-corrected chi connectivity index (χ3v) is 7.24. The molecule has 3 fully saturated rings. The molecule has 0 aliphatic carbocycles. The van der Waals surface area contributed by atoms with Crippen molar-refractivity contribution in [3.8, 4) is 5.75 Å². The van der Waals surface area contributed by atoms with E-state index in [0.29, 0.717) is 30.3 Å². The number of rotatable bonds is 10. The second-order valence-electron chi connectivity index (χ2n) is 9.85. The smallest absolute Gasteiger partial charge is 0.408 e. The van der Waals surface area contributed by atoms with E-state index in [-0.39, 0.29) is 26.1 Å². The molecule has 1 N–H and O–H groups in total. The summed E-state index contributed by atoms with van der Waals surface area (Å²) < 4.78 is 17.2. The van der Waals surface area contributed by atoms with E-state index in [4.69, 9.17) is 14.2 Å². The van der Waals surface area contributed by atoms with E-state index in [2.05, 4.69) is 10.2 Å². The number of carbonyl (C=O) groups excluding carboxylic acids is 2. The number of piperidine rings is 3. The number of amides is 1. The summed E-state index contributed by atoms with van der Waals surface area (Å²) >= 11 is 0. The van der Waals surface area contributed by atoms with Gasteiger partial charge in [0, 0.05) is 14.4 Å². The van der Waals surface area contributed by atoms with E-state index >= 15 is 0 Å². The van der Waals surface area contributed by atoms with Gasteiger partial charge in [-0.15, -0.1) is 0 Å². The normalized spacial score (nSPS) is 20.8. The molecule has 7 nitrogen and oxygen atoms in total. The standard InChI is InChI=1S/C31H34N2O5.H2/c34-30(25-11-5-2-6-12-25)37-20-8-19-36-27-14-7-13-26(21-27)29(24-9-3-1-4-10-24)32-31(35)38-28-22-33-17-15-23(28)16-18-33;/h1-7,9-14,21,23,28-29H,8,15-20,22H2,(H,32,35);1H. The SMILES string of the molecule is O=C(NC(c1ccccc1)c1cccc(OCCCOC(=O)c2ccccc2)c1)OC1CN2CCC1CC2.[HH]. The summed E-state index contributed by atoms with van der Waals surface area (Å²) in [5.74, 6) is 0.796. The molecule has 3 aromatic rings. The number of fused-ring (bicyclic) bond motifs is 3. The molecule has 2 atom stereocenters. The number of hydrogen-bond donors (Lipinski definition) is 1. The van der Waals surface area contributed by atoms with Gasteiger partial charge in [-0.1, -0.05) is 60.7 Å². The Morgan fingerprint density at radius 3 is 2.32 bits per heavy atom. The van der Waals surface area contributed by atoms with Crippen LogP contribution in [0, 0.1) is 5.92 Å². The van der Waals surface area contributed by atoms with Crippen molar-refractivity contribution in [1.82, 2.24) is 10.2 Å². The number of nitrogens with one attached hydrogen (secondary N) is 1. The summed E-state index contributed by atoms with van der Waals surface area (Å²) in [7, 11) is 0. The first kappa shape index (κ1) is 25.8. The van der Waals surface area contributed by atoms with Crippen molar-refractivity contribution in [2.24, 2.45) is 5.92 Å². The Morgan fingerprint density at radius 1 is 0.895 bits per heavy atom. The van der Waals surface area contributed by atoms with Crippen LogP contribution in [0.2, 0.25) is 0 Å². The van der Waals surface area contributed by atoms with Crippen molar-refractivity contribution >= 4 is 12.1 Å². The highest BCUT2D eigenvalue weighted by molar-refractivity contribution is 5.89. The van der Waals surface area contributed by atoms with Crippen molar-refractivity contribution in [2.45, 2.75) is 31.4 Å². The summed E-state index contributed by atoms with van der Waals surface area (Å²) in [6.07, 6.45) is 2.29. The molecular weight excluding hydrogens is 480 g/mol. The lowest BCUT2D eigenvalue weighted by molar-refractivity contribution is -0.0336. The molecule has 2 bridgehead atoms. The molecule has 3 aromatic carbocycles.